The molecule has 1 saturated heterocycles. The highest BCUT2D eigenvalue weighted by Gasteiger charge is 2.19. The zero-order valence-electron chi connectivity index (χ0n) is 15.9. The number of benzene rings is 2. The number of hydrogen-bond acceptors (Lipinski definition) is 4. The number of carbonyl (C=O) groups excluding carboxylic acids is 1. The first-order chi connectivity index (χ1) is 13.1. The second-order valence-corrected chi connectivity index (χ2v) is 7.10. The predicted molar refractivity (Wildman–Crippen MR) is 111 cm³/mol. The number of ether oxygens (including phenoxy) is 1. The van der Waals surface area contributed by atoms with Gasteiger partial charge in [-0.25, -0.2) is 0 Å². The Kier molecular flexibility index (Phi) is 6.72. The SMILES string of the molecule is CCN1CCN(c2ccc(Cl)cc2NC(=O)c2ccc(COC)cc2)CC1. The van der Waals surface area contributed by atoms with Crippen LogP contribution in [0.3, 0.4) is 0 Å². The average Bonchev–Trinajstić information content (AvgIpc) is 2.69. The van der Waals surface area contributed by atoms with E-state index >= 15 is 0 Å². The molecule has 27 heavy (non-hydrogen) atoms. The van der Waals surface area contributed by atoms with Crippen LogP contribution in [0.2, 0.25) is 5.02 Å². The Bertz CT molecular complexity index is 771. The Morgan fingerprint density at radius 2 is 1.81 bits per heavy atom. The molecule has 1 N–H and O–H groups in total. The minimum Gasteiger partial charge on any atom is -0.380 e. The Labute approximate surface area is 165 Å². The molecule has 2 aromatic carbocycles. The van der Waals surface area contributed by atoms with E-state index in [1.807, 2.05) is 42.5 Å². The Morgan fingerprint density at radius 1 is 1.11 bits per heavy atom. The van der Waals surface area contributed by atoms with Gasteiger partial charge in [-0.3, -0.25) is 4.79 Å². The molecule has 0 saturated carbocycles. The van der Waals surface area contributed by atoms with E-state index in [-0.39, 0.29) is 5.91 Å². The van der Waals surface area contributed by atoms with Crippen LogP contribution in [-0.2, 0) is 11.3 Å². The number of piperazine rings is 1. The standard InChI is InChI=1S/C21H26ClN3O2/c1-3-24-10-12-25(13-11-24)20-9-8-18(22)14-19(20)23-21(26)17-6-4-16(5-7-17)15-27-2/h4-9,14H,3,10-13,15H2,1-2H3,(H,23,26). The molecule has 5 nitrogen and oxygen atoms in total. The van der Waals surface area contributed by atoms with Crippen molar-refractivity contribution >= 4 is 28.9 Å². The molecular formula is C21H26ClN3O2. The number of anilines is 2. The quantitative estimate of drug-likeness (QED) is 0.817. The van der Waals surface area contributed by atoms with Gasteiger partial charge in [-0.05, 0) is 42.4 Å². The monoisotopic (exact) mass is 387 g/mol. The topological polar surface area (TPSA) is 44.8 Å². The molecular weight excluding hydrogens is 362 g/mol. The van der Waals surface area contributed by atoms with Gasteiger partial charge in [0.2, 0.25) is 0 Å². The molecule has 144 valence electrons. The van der Waals surface area contributed by atoms with Gasteiger partial charge in [0.25, 0.3) is 5.91 Å². The maximum Gasteiger partial charge on any atom is 0.255 e. The summed E-state index contributed by atoms with van der Waals surface area (Å²) in [5.41, 5.74) is 3.40. The summed E-state index contributed by atoms with van der Waals surface area (Å²) in [6, 6.07) is 13.1. The summed E-state index contributed by atoms with van der Waals surface area (Å²) in [6.07, 6.45) is 0. The predicted octanol–water partition coefficient (Wildman–Crippen LogP) is 3.88. The highest BCUT2D eigenvalue weighted by Crippen LogP contribution is 2.30. The van der Waals surface area contributed by atoms with Crippen molar-refractivity contribution in [3.63, 3.8) is 0 Å². The summed E-state index contributed by atoms with van der Waals surface area (Å²) < 4.78 is 5.11. The minimum absolute atomic E-state index is 0.144. The summed E-state index contributed by atoms with van der Waals surface area (Å²) in [5.74, 6) is -0.144. The van der Waals surface area contributed by atoms with E-state index in [0.717, 1.165) is 49.7 Å². The van der Waals surface area contributed by atoms with Crippen LogP contribution in [0.25, 0.3) is 0 Å². The molecule has 1 aliphatic rings. The molecule has 0 bridgehead atoms. The number of hydrogen-bond donors (Lipinski definition) is 1. The second-order valence-electron chi connectivity index (χ2n) is 6.67. The van der Waals surface area contributed by atoms with Gasteiger partial charge in [-0.1, -0.05) is 30.7 Å². The van der Waals surface area contributed by atoms with Crippen LogP contribution in [0.1, 0.15) is 22.8 Å². The largest absolute Gasteiger partial charge is 0.380 e. The van der Waals surface area contributed by atoms with Crippen molar-refractivity contribution in [3.05, 3.63) is 58.6 Å². The molecule has 1 amide bonds. The fourth-order valence-electron chi connectivity index (χ4n) is 3.30. The van der Waals surface area contributed by atoms with Crippen molar-refractivity contribution in [1.82, 2.24) is 4.90 Å². The zero-order valence-corrected chi connectivity index (χ0v) is 16.6. The van der Waals surface area contributed by atoms with Crippen molar-refractivity contribution in [2.45, 2.75) is 13.5 Å². The van der Waals surface area contributed by atoms with E-state index in [1.54, 1.807) is 7.11 Å². The van der Waals surface area contributed by atoms with Crippen LogP contribution < -0.4 is 10.2 Å². The van der Waals surface area contributed by atoms with Gasteiger partial charge < -0.3 is 19.9 Å². The first-order valence-electron chi connectivity index (χ1n) is 9.26. The molecule has 1 heterocycles. The van der Waals surface area contributed by atoms with Gasteiger partial charge in [0.15, 0.2) is 0 Å². The van der Waals surface area contributed by atoms with E-state index in [0.29, 0.717) is 17.2 Å². The number of likely N-dealkylation sites (N-methyl/N-ethyl adjacent to an activating group) is 1. The summed E-state index contributed by atoms with van der Waals surface area (Å²) in [6.45, 7) is 7.69. The van der Waals surface area contributed by atoms with Gasteiger partial charge in [0.05, 0.1) is 18.0 Å². The van der Waals surface area contributed by atoms with Crippen LogP contribution in [0.15, 0.2) is 42.5 Å². The third-order valence-corrected chi connectivity index (χ3v) is 5.13. The molecule has 0 radical (unpaired) electrons. The number of carbonyl (C=O) groups is 1. The van der Waals surface area contributed by atoms with Crippen molar-refractivity contribution in [2.24, 2.45) is 0 Å². The summed E-state index contributed by atoms with van der Waals surface area (Å²) >= 11 is 6.19. The van der Waals surface area contributed by atoms with E-state index in [4.69, 9.17) is 16.3 Å². The maximum atomic E-state index is 12.7. The summed E-state index contributed by atoms with van der Waals surface area (Å²) in [4.78, 5) is 17.4. The second kappa shape index (κ2) is 9.22. The fourth-order valence-corrected chi connectivity index (χ4v) is 3.47. The molecule has 6 heteroatoms. The smallest absolute Gasteiger partial charge is 0.255 e. The van der Waals surface area contributed by atoms with Gasteiger partial charge in [-0.15, -0.1) is 0 Å². The summed E-state index contributed by atoms with van der Waals surface area (Å²) in [7, 11) is 1.65. The van der Waals surface area contributed by atoms with Crippen LogP contribution in [0, 0.1) is 0 Å². The Balaban J connectivity index is 1.75. The number of amides is 1. The maximum absolute atomic E-state index is 12.7. The number of nitrogens with one attached hydrogen (secondary N) is 1. The Hall–Kier alpha value is -2.08. The van der Waals surface area contributed by atoms with Crippen LogP contribution in [-0.4, -0.2) is 50.6 Å². The summed E-state index contributed by atoms with van der Waals surface area (Å²) in [5, 5.41) is 3.64. The van der Waals surface area contributed by atoms with E-state index in [1.165, 1.54) is 0 Å². The molecule has 1 fully saturated rings. The molecule has 0 unspecified atom stereocenters. The molecule has 0 atom stereocenters. The lowest BCUT2D eigenvalue weighted by Gasteiger charge is -2.36. The van der Waals surface area contributed by atoms with E-state index < -0.39 is 0 Å². The molecule has 1 aliphatic heterocycles. The number of halogens is 1. The lowest BCUT2D eigenvalue weighted by atomic mass is 10.1. The van der Waals surface area contributed by atoms with E-state index in [2.05, 4.69) is 22.0 Å². The molecule has 0 spiro atoms. The number of methoxy groups -OCH3 is 1. The highest BCUT2D eigenvalue weighted by atomic mass is 35.5. The van der Waals surface area contributed by atoms with Gasteiger partial charge in [-0.2, -0.15) is 0 Å². The average molecular weight is 388 g/mol. The van der Waals surface area contributed by atoms with E-state index in [9.17, 15) is 4.79 Å². The van der Waals surface area contributed by atoms with Crippen LogP contribution in [0.4, 0.5) is 11.4 Å². The lowest BCUT2D eigenvalue weighted by Crippen LogP contribution is -2.46. The van der Waals surface area contributed by atoms with Gasteiger partial charge in [0, 0.05) is 43.9 Å². The number of nitrogens with zero attached hydrogens (tertiary/aromatic N) is 2. The molecule has 0 aromatic heterocycles. The number of rotatable bonds is 6. The third kappa shape index (κ3) is 5.01. The van der Waals surface area contributed by atoms with Crippen molar-refractivity contribution < 1.29 is 9.53 Å². The van der Waals surface area contributed by atoms with Crippen molar-refractivity contribution in [2.75, 3.05) is 50.1 Å². The van der Waals surface area contributed by atoms with Crippen molar-refractivity contribution in [1.29, 1.82) is 0 Å². The molecule has 0 aliphatic carbocycles. The first kappa shape index (κ1) is 19.7. The van der Waals surface area contributed by atoms with Crippen LogP contribution in [0.5, 0.6) is 0 Å². The fraction of sp³-hybridized carbons (Fsp3) is 0.381. The zero-order chi connectivity index (χ0) is 19.2. The Morgan fingerprint density at radius 3 is 2.44 bits per heavy atom. The first-order valence-corrected chi connectivity index (χ1v) is 9.64. The third-order valence-electron chi connectivity index (χ3n) is 4.89. The van der Waals surface area contributed by atoms with Crippen molar-refractivity contribution in [3.8, 4) is 0 Å². The van der Waals surface area contributed by atoms with Gasteiger partial charge in [0.1, 0.15) is 0 Å². The lowest BCUT2D eigenvalue weighted by molar-refractivity contribution is 0.102. The van der Waals surface area contributed by atoms with Gasteiger partial charge >= 0.3 is 0 Å². The van der Waals surface area contributed by atoms with Crippen LogP contribution >= 0.6 is 11.6 Å². The normalized spacial score (nSPS) is 15.0. The molecule has 3 rings (SSSR count). The molecule has 2 aromatic rings. The minimum atomic E-state index is -0.144. The highest BCUT2D eigenvalue weighted by molar-refractivity contribution is 6.31.